The molecular weight excluding hydrogens is 321 g/mol. The normalized spacial score (nSPS) is 29.0. The largest absolute Gasteiger partial charge is 0.481 e. The molecule has 21 heavy (non-hydrogen) atoms. The molecule has 0 aliphatic carbocycles. The first kappa shape index (κ1) is 14.7. The molecule has 1 aromatic carbocycles. The van der Waals surface area contributed by atoms with E-state index in [-0.39, 0.29) is 16.0 Å². The van der Waals surface area contributed by atoms with Crippen molar-refractivity contribution < 1.29 is 22.7 Å². The molecule has 0 spiro atoms. The second kappa shape index (κ2) is 4.93. The van der Waals surface area contributed by atoms with Gasteiger partial charge < -0.3 is 5.11 Å². The summed E-state index contributed by atoms with van der Waals surface area (Å²) in [6.45, 7) is 0. The van der Waals surface area contributed by atoms with Crippen LogP contribution in [-0.4, -0.2) is 35.9 Å². The zero-order valence-electron chi connectivity index (χ0n) is 10.9. The maximum Gasteiger partial charge on any atom is 0.308 e. The third-order valence-electron chi connectivity index (χ3n) is 4.24. The van der Waals surface area contributed by atoms with Crippen LogP contribution in [0.3, 0.4) is 0 Å². The van der Waals surface area contributed by atoms with E-state index in [1.807, 2.05) is 0 Å². The Morgan fingerprint density at radius 2 is 2.10 bits per heavy atom. The molecule has 1 aromatic rings. The molecule has 2 aliphatic heterocycles. The monoisotopic (exact) mass is 333 g/mol. The number of aliphatic carboxylic acids is 1. The van der Waals surface area contributed by atoms with E-state index in [4.69, 9.17) is 11.6 Å². The highest BCUT2D eigenvalue weighted by Crippen LogP contribution is 2.45. The number of carboxylic acid groups (broad SMARTS) is 1. The van der Waals surface area contributed by atoms with Gasteiger partial charge in [0.25, 0.3) is 0 Å². The summed E-state index contributed by atoms with van der Waals surface area (Å²) in [6, 6.07) is 2.24. The third-order valence-corrected chi connectivity index (χ3v) is 6.70. The maximum absolute atomic E-state index is 13.1. The van der Waals surface area contributed by atoms with Gasteiger partial charge in [-0.25, -0.2) is 12.8 Å². The predicted molar refractivity (Wildman–Crippen MR) is 73.0 cm³/mol. The van der Waals surface area contributed by atoms with Gasteiger partial charge in [-0.3, -0.25) is 4.79 Å². The van der Waals surface area contributed by atoms with Crippen molar-refractivity contribution in [3.05, 3.63) is 29.0 Å². The minimum absolute atomic E-state index is 0.173. The number of sulfonamides is 1. The van der Waals surface area contributed by atoms with E-state index >= 15 is 0 Å². The first-order chi connectivity index (χ1) is 9.82. The Hall–Kier alpha value is -1.18. The van der Waals surface area contributed by atoms with Crippen molar-refractivity contribution in [3.63, 3.8) is 0 Å². The number of hydrogen-bond donors (Lipinski definition) is 1. The number of fused-ring (bicyclic) bond motifs is 2. The van der Waals surface area contributed by atoms with Crippen LogP contribution < -0.4 is 0 Å². The molecule has 114 valence electrons. The zero-order chi connectivity index (χ0) is 15.4. The van der Waals surface area contributed by atoms with E-state index < -0.39 is 33.8 Å². The van der Waals surface area contributed by atoms with Crippen LogP contribution in [0.15, 0.2) is 23.1 Å². The fourth-order valence-corrected chi connectivity index (χ4v) is 5.80. The SMILES string of the molecule is O=C(O)C1CC2CCC1N2S(=O)(=O)c1ccc(F)cc1Cl. The third kappa shape index (κ3) is 2.23. The fourth-order valence-electron chi connectivity index (χ4n) is 3.38. The van der Waals surface area contributed by atoms with Gasteiger partial charge in [-0.1, -0.05) is 11.6 Å². The lowest BCUT2D eigenvalue weighted by Gasteiger charge is -2.23. The van der Waals surface area contributed by atoms with Gasteiger partial charge in [0.1, 0.15) is 10.7 Å². The molecule has 2 fully saturated rings. The molecular formula is C13H13ClFNO4S. The van der Waals surface area contributed by atoms with Crippen molar-refractivity contribution in [2.75, 3.05) is 0 Å². The number of rotatable bonds is 3. The van der Waals surface area contributed by atoms with E-state index in [9.17, 15) is 22.7 Å². The number of carboxylic acids is 1. The highest BCUT2D eigenvalue weighted by atomic mass is 35.5. The van der Waals surface area contributed by atoms with Crippen LogP contribution in [0.1, 0.15) is 19.3 Å². The molecule has 2 saturated heterocycles. The summed E-state index contributed by atoms with van der Waals surface area (Å²) in [4.78, 5) is 11.0. The van der Waals surface area contributed by atoms with Gasteiger partial charge in [-0.2, -0.15) is 4.31 Å². The van der Waals surface area contributed by atoms with Gasteiger partial charge in [0.2, 0.25) is 10.0 Å². The first-order valence-electron chi connectivity index (χ1n) is 6.54. The molecule has 3 unspecified atom stereocenters. The van der Waals surface area contributed by atoms with Crippen molar-refractivity contribution in [1.29, 1.82) is 0 Å². The number of carbonyl (C=O) groups is 1. The summed E-state index contributed by atoms with van der Waals surface area (Å²) in [6.07, 6.45) is 1.49. The summed E-state index contributed by atoms with van der Waals surface area (Å²) in [5, 5.41) is 9.00. The molecule has 2 bridgehead atoms. The topological polar surface area (TPSA) is 74.7 Å². The Balaban J connectivity index is 2.02. The van der Waals surface area contributed by atoms with E-state index in [2.05, 4.69) is 0 Å². The fraction of sp³-hybridized carbons (Fsp3) is 0.462. The Kier molecular flexibility index (Phi) is 3.46. The molecule has 0 radical (unpaired) electrons. The van der Waals surface area contributed by atoms with Gasteiger partial charge in [-0.15, -0.1) is 0 Å². The van der Waals surface area contributed by atoms with Crippen molar-refractivity contribution in [2.24, 2.45) is 5.92 Å². The molecule has 2 heterocycles. The first-order valence-corrected chi connectivity index (χ1v) is 8.35. The molecule has 3 rings (SSSR count). The Morgan fingerprint density at radius 1 is 1.38 bits per heavy atom. The second-order valence-corrected chi connectivity index (χ2v) is 7.61. The number of benzene rings is 1. The van der Waals surface area contributed by atoms with Crippen LogP contribution in [0.25, 0.3) is 0 Å². The van der Waals surface area contributed by atoms with Gasteiger partial charge in [-0.05, 0) is 37.5 Å². The number of nitrogens with zero attached hydrogens (tertiary/aromatic N) is 1. The quantitative estimate of drug-likeness (QED) is 0.919. The Labute approximate surface area is 126 Å². The van der Waals surface area contributed by atoms with Gasteiger partial charge >= 0.3 is 5.97 Å². The number of halogens is 2. The van der Waals surface area contributed by atoms with Crippen LogP contribution in [-0.2, 0) is 14.8 Å². The summed E-state index contributed by atoms with van der Waals surface area (Å²) < 4.78 is 39.8. The van der Waals surface area contributed by atoms with Gasteiger partial charge in [0, 0.05) is 12.1 Å². The van der Waals surface area contributed by atoms with Crippen LogP contribution in [0.5, 0.6) is 0 Å². The average Bonchev–Trinajstić information content (AvgIpc) is 2.96. The molecule has 2 aliphatic rings. The van der Waals surface area contributed by atoms with Crippen LogP contribution in [0, 0.1) is 11.7 Å². The minimum Gasteiger partial charge on any atom is -0.481 e. The zero-order valence-corrected chi connectivity index (χ0v) is 12.4. The lowest BCUT2D eigenvalue weighted by molar-refractivity contribution is -0.142. The molecule has 0 aromatic heterocycles. The highest BCUT2D eigenvalue weighted by Gasteiger charge is 2.54. The Bertz CT molecular complexity index is 708. The lowest BCUT2D eigenvalue weighted by atomic mass is 9.89. The lowest BCUT2D eigenvalue weighted by Crippen LogP contribution is -2.38. The van der Waals surface area contributed by atoms with Crippen molar-refractivity contribution in [1.82, 2.24) is 4.31 Å². The molecule has 3 atom stereocenters. The van der Waals surface area contributed by atoms with Gasteiger partial charge in [0.15, 0.2) is 0 Å². The standard InChI is InChI=1S/C13H13ClFNO4S/c14-10-5-7(15)1-4-12(10)21(19,20)16-8-2-3-11(16)9(6-8)13(17)18/h1,4-5,8-9,11H,2-3,6H2,(H,17,18). The van der Waals surface area contributed by atoms with Crippen LogP contribution in [0.4, 0.5) is 4.39 Å². The summed E-state index contributed by atoms with van der Waals surface area (Å²) in [5.41, 5.74) is 0. The summed E-state index contributed by atoms with van der Waals surface area (Å²) >= 11 is 5.85. The molecule has 0 saturated carbocycles. The van der Waals surface area contributed by atoms with E-state index in [0.717, 1.165) is 18.2 Å². The van der Waals surface area contributed by atoms with Crippen LogP contribution in [0.2, 0.25) is 5.02 Å². The van der Waals surface area contributed by atoms with Crippen molar-refractivity contribution in [3.8, 4) is 0 Å². The minimum atomic E-state index is -3.92. The summed E-state index contributed by atoms with van der Waals surface area (Å²) in [5.74, 6) is -2.28. The average molecular weight is 334 g/mol. The van der Waals surface area contributed by atoms with Crippen molar-refractivity contribution in [2.45, 2.75) is 36.2 Å². The summed E-state index contributed by atoms with van der Waals surface area (Å²) in [7, 11) is -3.92. The second-order valence-electron chi connectivity index (χ2n) is 5.39. The van der Waals surface area contributed by atoms with Crippen molar-refractivity contribution >= 4 is 27.6 Å². The molecule has 0 amide bonds. The van der Waals surface area contributed by atoms with Gasteiger partial charge in [0.05, 0.1) is 10.9 Å². The van der Waals surface area contributed by atoms with E-state index in [1.165, 1.54) is 4.31 Å². The Morgan fingerprint density at radius 3 is 2.67 bits per heavy atom. The highest BCUT2D eigenvalue weighted by molar-refractivity contribution is 7.89. The molecule has 1 N–H and O–H groups in total. The van der Waals surface area contributed by atoms with E-state index in [0.29, 0.717) is 19.3 Å². The number of hydrogen-bond acceptors (Lipinski definition) is 3. The van der Waals surface area contributed by atoms with E-state index in [1.54, 1.807) is 0 Å². The molecule has 8 heteroatoms. The molecule has 5 nitrogen and oxygen atoms in total. The predicted octanol–water partition coefficient (Wildman–Crippen LogP) is 2.11. The van der Waals surface area contributed by atoms with Crippen LogP contribution >= 0.6 is 11.6 Å². The maximum atomic E-state index is 13.1. The smallest absolute Gasteiger partial charge is 0.308 e.